The van der Waals surface area contributed by atoms with Gasteiger partial charge < -0.3 is 10.1 Å². The van der Waals surface area contributed by atoms with E-state index >= 15 is 0 Å². The molecule has 21 heavy (non-hydrogen) atoms. The van der Waals surface area contributed by atoms with E-state index in [2.05, 4.69) is 20.6 Å². The lowest BCUT2D eigenvalue weighted by Crippen LogP contribution is -2.17. The van der Waals surface area contributed by atoms with E-state index in [-0.39, 0.29) is 0 Å². The molecule has 0 atom stereocenters. The summed E-state index contributed by atoms with van der Waals surface area (Å²) in [4.78, 5) is 20.3. The molecule has 8 heteroatoms. The number of hydrogen-bond acceptors (Lipinski definition) is 7. The minimum Gasteiger partial charge on any atom is -0.388 e. The molecule has 1 saturated carbocycles. The molecule has 1 fully saturated rings. The molecular formula is C13H16N4O2S2. The number of aromatic nitrogens is 2. The first kappa shape index (κ1) is 14.3. The Morgan fingerprint density at radius 3 is 2.90 bits per heavy atom. The monoisotopic (exact) mass is 324 g/mol. The Bertz CT molecular complexity index is 648. The Kier molecular flexibility index (Phi) is 4.07. The van der Waals surface area contributed by atoms with Gasteiger partial charge in [-0.3, -0.25) is 5.32 Å². The van der Waals surface area contributed by atoms with E-state index in [9.17, 15) is 4.79 Å². The molecule has 0 bridgehead atoms. The Morgan fingerprint density at radius 1 is 1.43 bits per heavy atom. The number of nitrogens with zero attached hydrogens (tertiary/aromatic N) is 2. The summed E-state index contributed by atoms with van der Waals surface area (Å²) in [6, 6.07) is 0. The number of amides is 1. The lowest BCUT2D eigenvalue weighted by molar-refractivity contribution is 0.214. The lowest BCUT2D eigenvalue weighted by Gasteiger charge is -2.05. The summed E-state index contributed by atoms with van der Waals surface area (Å²) in [6.07, 6.45) is 1.97. The third-order valence-electron chi connectivity index (χ3n) is 2.97. The highest BCUT2D eigenvalue weighted by molar-refractivity contribution is 7.16. The van der Waals surface area contributed by atoms with Crippen LogP contribution in [0.15, 0.2) is 5.38 Å². The number of hydrogen-bond donors (Lipinski definition) is 2. The lowest BCUT2D eigenvalue weighted by atomic mass is 10.4. The van der Waals surface area contributed by atoms with Crippen molar-refractivity contribution in [2.75, 3.05) is 17.2 Å². The molecule has 0 aliphatic heterocycles. The summed E-state index contributed by atoms with van der Waals surface area (Å²) >= 11 is 2.86. The van der Waals surface area contributed by atoms with E-state index in [0.29, 0.717) is 11.0 Å². The van der Waals surface area contributed by atoms with Gasteiger partial charge in [0.25, 0.3) is 5.88 Å². The van der Waals surface area contributed by atoms with Crippen LogP contribution in [0.3, 0.4) is 0 Å². The van der Waals surface area contributed by atoms with Crippen molar-refractivity contribution in [3.05, 3.63) is 16.1 Å². The summed E-state index contributed by atoms with van der Waals surface area (Å²) in [7, 11) is 0. The Balaban J connectivity index is 1.61. The van der Waals surface area contributed by atoms with Gasteiger partial charge in [0, 0.05) is 11.9 Å². The molecule has 1 aliphatic rings. The molecule has 1 amide bonds. The number of nitrogens with one attached hydrogen (secondary N) is 2. The molecule has 2 aromatic heterocycles. The third-order valence-corrected chi connectivity index (χ3v) is 4.75. The molecule has 3 rings (SSSR count). The van der Waals surface area contributed by atoms with Crippen molar-refractivity contribution in [2.24, 2.45) is 5.92 Å². The predicted molar refractivity (Wildman–Crippen MR) is 84.6 cm³/mol. The Morgan fingerprint density at radius 2 is 2.24 bits per heavy atom. The molecule has 2 heterocycles. The van der Waals surface area contributed by atoms with E-state index in [0.717, 1.165) is 28.2 Å². The summed E-state index contributed by atoms with van der Waals surface area (Å²) in [5, 5.41) is 9.98. The van der Waals surface area contributed by atoms with Gasteiger partial charge in [-0.05, 0) is 32.6 Å². The molecule has 2 aromatic rings. The average molecular weight is 324 g/mol. The first-order valence-electron chi connectivity index (χ1n) is 6.72. The first-order valence-corrected chi connectivity index (χ1v) is 8.42. The number of rotatable bonds is 5. The second kappa shape index (κ2) is 5.98. The standard InChI is InChI=1S/C13H16N4O2S2/c1-7-6-20-12(15-7)17-13(18)19-10-11(21-8(2)16-10)14-5-9-3-4-9/h6,9,14H,3-5H2,1-2H3,(H,15,17,18). The summed E-state index contributed by atoms with van der Waals surface area (Å²) in [5.74, 6) is 1.08. The van der Waals surface area contributed by atoms with Gasteiger partial charge in [0.15, 0.2) is 10.1 Å². The van der Waals surface area contributed by atoms with Crippen molar-refractivity contribution in [3.8, 4) is 5.88 Å². The van der Waals surface area contributed by atoms with Crippen molar-refractivity contribution < 1.29 is 9.53 Å². The van der Waals surface area contributed by atoms with Crippen molar-refractivity contribution in [1.82, 2.24) is 9.97 Å². The molecule has 6 nitrogen and oxygen atoms in total. The Hall–Kier alpha value is -1.67. The van der Waals surface area contributed by atoms with Crippen LogP contribution in [-0.4, -0.2) is 22.6 Å². The van der Waals surface area contributed by atoms with E-state index in [1.807, 2.05) is 19.2 Å². The van der Waals surface area contributed by atoms with Crippen LogP contribution < -0.4 is 15.4 Å². The minimum atomic E-state index is -0.566. The molecule has 0 unspecified atom stereocenters. The average Bonchev–Trinajstić information content (AvgIpc) is 3.07. The van der Waals surface area contributed by atoms with Crippen molar-refractivity contribution >= 4 is 38.9 Å². The van der Waals surface area contributed by atoms with E-state index in [1.165, 1.54) is 35.5 Å². The largest absolute Gasteiger partial charge is 0.420 e. The first-order chi connectivity index (χ1) is 10.1. The second-order valence-electron chi connectivity index (χ2n) is 5.00. The van der Waals surface area contributed by atoms with Crippen LogP contribution in [-0.2, 0) is 0 Å². The van der Waals surface area contributed by atoms with Crippen molar-refractivity contribution in [2.45, 2.75) is 26.7 Å². The van der Waals surface area contributed by atoms with Gasteiger partial charge in [0.2, 0.25) is 0 Å². The maximum atomic E-state index is 11.9. The van der Waals surface area contributed by atoms with Crippen LogP contribution in [0.4, 0.5) is 14.9 Å². The van der Waals surface area contributed by atoms with E-state index in [1.54, 1.807) is 0 Å². The fourth-order valence-corrected chi connectivity index (χ4v) is 3.19. The fourth-order valence-electron chi connectivity index (χ4n) is 1.76. The summed E-state index contributed by atoms with van der Waals surface area (Å²) < 4.78 is 5.29. The van der Waals surface area contributed by atoms with Crippen molar-refractivity contribution in [1.29, 1.82) is 0 Å². The van der Waals surface area contributed by atoms with Gasteiger partial charge in [-0.2, -0.15) is 0 Å². The van der Waals surface area contributed by atoms with Crippen LogP contribution in [0.25, 0.3) is 0 Å². The van der Waals surface area contributed by atoms with E-state index < -0.39 is 6.09 Å². The molecule has 112 valence electrons. The molecule has 2 N–H and O–H groups in total. The summed E-state index contributed by atoms with van der Waals surface area (Å²) in [6.45, 7) is 4.67. The highest BCUT2D eigenvalue weighted by Crippen LogP contribution is 2.34. The fraction of sp³-hybridized carbons (Fsp3) is 0.462. The van der Waals surface area contributed by atoms with Crippen LogP contribution in [0.5, 0.6) is 5.88 Å². The normalized spacial score (nSPS) is 14.0. The molecule has 0 saturated heterocycles. The maximum absolute atomic E-state index is 11.9. The molecular weight excluding hydrogens is 308 g/mol. The topological polar surface area (TPSA) is 76.1 Å². The smallest absolute Gasteiger partial charge is 0.388 e. The SMILES string of the molecule is Cc1csc(NC(=O)Oc2nc(C)sc2NCC2CC2)n1. The van der Waals surface area contributed by atoms with Gasteiger partial charge in [-0.15, -0.1) is 11.3 Å². The summed E-state index contributed by atoms with van der Waals surface area (Å²) in [5.41, 5.74) is 0.867. The highest BCUT2D eigenvalue weighted by Gasteiger charge is 2.22. The number of ether oxygens (including phenoxy) is 1. The van der Waals surface area contributed by atoms with Gasteiger partial charge in [0.05, 0.1) is 10.7 Å². The quantitative estimate of drug-likeness (QED) is 0.878. The zero-order chi connectivity index (χ0) is 14.8. The molecule has 0 aromatic carbocycles. The highest BCUT2D eigenvalue weighted by atomic mass is 32.1. The molecule has 1 aliphatic carbocycles. The number of anilines is 2. The molecule has 0 radical (unpaired) electrons. The predicted octanol–water partition coefficient (Wildman–Crippen LogP) is 3.65. The molecule has 0 spiro atoms. The third kappa shape index (κ3) is 3.92. The van der Waals surface area contributed by atoms with Gasteiger partial charge in [0.1, 0.15) is 0 Å². The number of aryl methyl sites for hydroxylation is 2. The number of carbonyl (C=O) groups is 1. The Labute approximate surface area is 130 Å². The number of thiazole rings is 2. The van der Waals surface area contributed by atoms with Crippen LogP contribution in [0, 0.1) is 19.8 Å². The minimum absolute atomic E-state index is 0.337. The van der Waals surface area contributed by atoms with Gasteiger partial charge in [-0.25, -0.2) is 14.8 Å². The van der Waals surface area contributed by atoms with Gasteiger partial charge in [-0.1, -0.05) is 11.3 Å². The second-order valence-corrected chi connectivity index (χ2v) is 7.06. The zero-order valence-electron chi connectivity index (χ0n) is 11.8. The van der Waals surface area contributed by atoms with Crippen LogP contribution in [0.2, 0.25) is 0 Å². The zero-order valence-corrected chi connectivity index (χ0v) is 13.4. The maximum Gasteiger partial charge on any atom is 0.420 e. The van der Waals surface area contributed by atoms with Crippen LogP contribution >= 0.6 is 22.7 Å². The van der Waals surface area contributed by atoms with E-state index in [4.69, 9.17) is 4.74 Å². The van der Waals surface area contributed by atoms with Crippen LogP contribution in [0.1, 0.15) is 23.5 Å². The van der Waals surface area contributed by atoms with Gasteiger partial charge >= 0.3 is 6.09 Å². The van der Waals surface area contributed by atoms with Crippen molar-refractivity contribution in [3.63, 3.8) is 0 Å². The number of carbonyl (C=O) groups excluding carboxylic acids is 1.